The van der Waals surface area contributed by atoms with Crippen LogP contribution >= 0.6 is 0 Å². The van der Waals surface area contributed by atoms with Crippen molar-refractivity contribution >= 4 is 17.6 Å². The minimum absolute atomic E-state index is 0.0947. The minimum Gasteiger partial charge on any atom is -0.381 e. The Balaban J connectivity index is 1.51. The van der Waals surface area contributed by atoms with Gasteiger partial charge in [0.25, 0.3) is 11.7 Å². The van der Waals surface area contributed by atoms with Crippen LogP contribution < -0.4 is 10.6 Å². The molecule has 11 nitrogen and oxygen atoms in total. The Morgan fingerprint density at radius 3 is 2.53 bits per heavy atom. The Bertz CT molecular complexity index is 1580. The maximum Gasteiger partial charge on any atom is 0.393 e. The number of carbonyl (C=O) groups excluding carboxylic acids is 2. The van der Waals surface area contributed by atoms with Crippen LogP contribution in [0.2, 0.25) is 0 Å². The summed E-state index contributed by atoms with van der Waals surface area (Å²) >= 11 is 0. The van der Waals surface area contributed by atoms with Gasteiger partial charge in [-0.3, -0.25) is 14.3 Å². The summed E-state index contributed by atoms with van der Waals surface area (Å²) in [6.07, 6.45) is -5.87. The molecule has 3 aromatic heterocycles. The van der Waals surface area contributed by atoms with E-state index in [1.54, 1.807) is 6.92 Å². The van der Waals surface area contributed by atoms with E-state index >= 15 is 0 Å². The van der Waals surface area contributed by atoms with Crippen LogP contribution in [0.25, 0.3) is 5.78 Å². The van der Waals surface area contributed by atoms with Crippen molar-refractivity contribution in [3.8, 4) is 0 Å². The van der Waals surface area contributed by atoms with E-state index in [-0.39, 0.29) is 42.3 Å². The molecule has 5 rings (SSSR count). The Labute approximate surface area is 266 Å². The normalized spacial score (nSPS) is 20.7. The maximum absolute atomic E-state index is 13.8. The molecule has 2 aliphatic rings. The number of halogens is 6. The molecule has 258 valence electrons. The standard InChI is InChI=1S/C30H38F6N8O3/c1-4-43-23(6-10-38-43)26(46)39-20(5-9-28(2,3)30(34,35)36)22-16-44-27(40-22)41-24(17-7-11-47-12-8-17)21(42-44)14-18-13-19(29(31,32)33)15-37-25(18)45/h6,10,16-20H,4-5,7-9,11-15H2,1-3H3,(H,37,45)(H,39,46)/t18-,19-,20+/m1/s1. The van der Waals surface area contributed by atoms with Gasteiger partial charge in [-0.1, -0.05) is 13.8 Å². The van der Waals surface area contributed by atoms with Crippen molar-refractivity contribution < 1.29 is 40.7 Å². The first-order valence-corrected chi connectivity index (χ1v) is 15.6. The van der Waals surface area contributed by atoms with Crippen molar-refractivity contribution in [1.82, 2.24) is 40.0 Å². The van der Waals surface area contributed by atoms with E-state index in [0.717, 1.165) is 13.8 Å². The molecule has 3 aromatic rings. The number of fused-ring (bicyclic) bond motifs is 1. The number of carbonyl (C=O) groups is 2. The van der Waals surface area contributed by atoms with Gasteiger partial charge in [-0.2, -0.15) is 36.5 Å². The fraction of sp³-hybridized carbons (Fsp3) is 0.667. The molecule has 0 aliphatic carbocycles. The molecule has 2 saturated heterocycles. The number of nitrogens with one attached hydrogen (secondary N) is 2. The highest BCUT2D eigenvalue weighted by molar-refractivity contribution is 5.92. The third-order valence-corrected chi connectivity index (χ3v) is 9.14. The van der Waals surface area contributed by atoms with Crippen molar-refractivity contribution in [2.24, 2.45) is 17.3 Å². The SMILES string of the molecule is CCn1nccc1C(=O)N[C@@H](CCC(C)(C)C(F)(F)F)c1cn2nc(C[C@H]3C[C@@H](C(F)(F)F)CNC3=O)c(C3CCOCC3)nc2n1. The number of aromatic nitrogens is 6. The molecular formula is C30H38F6N8O3. The van der Waals surface area contributed by atoms with E-state index in [0.29, 0.717) is 44.0 Å². The van der Waals surface area contributed by atoms with Crippen molar-refractivity contribution in [2.45, 2.75) is 90.2 Å². The molecule has 3 atom stereocenters. The number of hydrogen-bond donors (Lipinski definition) is 2. The summed E-state index contributed by atoms with van der Waals surface area (Å²) in [6.45, 7) is 4.75. The molecule has 0 saturated carbocycles. The average molecular weight is 673 g/mol. The highest BCUT2D eigenvalue weighted by atomic mass is 19.4. The maximum atomic E-state index is 13.8. The van der Waals surface area contributed by atoms with E-state index in [9.17, 15) is 35.9 Å². The summed E-state index contributed by atoms with van der Waals surface area (Å²) < 4.78 is 90.2. The monoisotopic (exact) mass is 672 g/mol. The van der Waals surface area contributed by atoms with Gasteiger partial charge in [0, 0.05) is 50.8 Å². The zero-order valence-corrected chi connectivity index (χ0v) is 26.3. The van der Waals surface area contributed by atoms with Crippen LogP contribution in [0.15, 0.2) is 18.5 Å². The van der Waals surface area contributed by atoms with Crippen molar-refractivity contribution in [1.29, 1.82) is 0 Å². The molecule has 2 amide bonds. The van der Waals surface area contributed by atoms with Gasteiger partial charge < -0.3 is 15.4 Å². The van der Waals surface area contributed by atoms with E-state index in [2.05, 4.69) is 25.8 Å². The van der Waals surface area contributed by atoms with Gasteiger partial charge in [0.05, 0.1) is 40.7 Å². The Kier molecular flexibility index (Phi) is 9.85. The topological polar surface area (TPSA) is 128 Å². The van der Waals surface area contributed by atoms with Crippen LogP contribution in [-0.2, 0) is 22.5 Å². The molecule has 0 radical (unpaired) electrons. The molecule has 0 aromatic carbocycles. The highest BCUT2D eigenvalue weighted by Gasteiger charge is 2.47. The molecule has 2 aliphatic heterocycles. The minimum atomic E-state index is -4.49. The fourth-order valence-electron chi connectivity index (χ4n) is 6.00. The molecule has 47 heavy (non-hydrogen) atoms. The number of nitrogens with zero attached hydrogens (tertiary/aromatic N) is 6. The number of imidazole rings is 1. The number of alkyl halides is 6. The van der Waals surface area contributed by atoms with Gasteiger partial charge in [-0.15, -0.1) is 0 Å². The summed E-state index contributed by atoms with van der Waals surface area (Å²) in [6, 6.07) is 0.527. The molecular weight excluding hydrogens is 634 g/mol. The van der Waals surface area contributed by atoms with E-state index in [4.69, 9.17) is 9.72 Å². The first-order chi connectivity index (χ1) is 22.1. The first kappa shape index (κ1) is 34.6. The average Bonchev–Trinajstić information content (AvgIpc) is 3.66. The fourth-order valence-corrected chi connectivity index (χ4v) is 6.00. The Hall–Kier alpha value is -3.76. The van der Waals surface area contributed by atoms with Gasteiger partial charge in [0.2, 0.25) is 5.91 Å². The molecule has 17 heteroatoms. The third-order valence-electron chi connectivity index (χ3n) is 9.14. The zero-order chi connectivity index (χ0) is 34.1. The molecule has 0 spiro atoms. The summed E-state index contributed by atoms with van der Waals surface area (Å²) in [5.41, 5.74) is -0.802. The lowest BCUT2D eigenvalue weighted by Crippen LogP contribution is -2.47. The number of rotatable bonds is 10. The van der Waals surface area contributed by atoms with Gasteiger partial charge in [-0.05, 0) is 45.1 Å². The van der Waals surface area contributed by atoms with Crippen molar-refractivity contribution in [2.75, 3.05) is 19.8 Å². The zero-order valence-electron chi connectivity index (χ0n) is 26.3. The third kappa shape index (κ3) is 7.70. The molecule has 0 unspecified atom stereocenters. The molecule has 2 fully saturated rings. The van der Waals surface area contributed by atoms with Crippen molar-refractivity contribution in [3.63, 3.8) is 0 Å². The lowest BCUT2D eigenvalue weighted by atomic mass is 9.84. The van der Waals surface area contributed by atoms with Gasteiger partial charge in [0.1, 0.15) is 5.69 Å². The first-order valence-electron chi connectivity index (χ1n) is 15.6. The molecule has 2 N–H and O–H groups in total. The second-order valence-electron chi connectivity index (χ2n) is 12.8. The van der Waals surface area contributed by atoms with E-state index in [1.165, 1.54) is 27.7 Å². The Morgan fingerprint density at radius 1 is 1.15 bits per heavy atom. The summed E-state index contributed by atoms with van der Waals surface area (Å²) in [5.74, 6) is -3.79. The number of hydrogen-bond acceptors (Lipinski definition) is 7. The van der Waals surface area contributed by atoms with Gasteiger partial charge in [0.15, 0.2) is 0 Å². The highest BCUT2D eigenvalue weighted by Crippen LogP contribution is 2.42. The molecule has 5 heterocycles. The summed E-state index contributed by atoms with van der Waals surface area (Å²) in [5, 5.41) is 13.9. The van der Waals surface area contributed by atoms with Crippen LogP contribution in [0, 0.1) is 17.3 Å². The lowest BCUT2D eigenvalue weighted by molar-refractivity contribution is -0.214. The van der Waals surface area contributed by atoms with Crippen LogP contribution in [-0.4, -0.2) is 73.3 Å². The van der Waals surface area contributed by atoms with Crippen LogP contribution in [0.4, 0.5) is 26.3 Å². The number of aryl methyl sites for hydroxylation is 1. The quantitative estimate of drug-likeness (QED) is 0.293. The smallest absolute Gasteiger partial charge is 0.381 e. The van der Waals surface area contributed by atoms with E-state index < -0.39 is 60.4 Å². The van der Waals surface area contributed by atoms with E-state index in [1.807, 2.05) is 0 Å². The lowest BCUT2D eigenvalue weighted by Gasteiger charge is -2.31. The number of piperidine rings is 1. The number of amides is 2. The van der Waals surface area contributed by atoms with Gasteiger partial charge >= 0.3 is 12.4 Å². The predicted octanol–water partition coefficient (Wildman–Crippen LogP) is 4.93. The van der Waals surface area contributed by atoms with Crippen LogP contribution in [0.1, 0.15) is 92.4 Å². The molecule has 0 bridgehead atoms. The van der Waals surface area contributed by atoms with Crippen LogP contribution in [0.3, 0.4) is 0 Å². The second kappa shape index (κ2) is 13.4. The summed E-state index contributed by atoms with van der Waals surface area (Å²) in [4.78, 5) is 35.3. The second-order valence-corrected chi connectivity index (χ2v) is 12.8. The summed E-state index contributed by atoms with van der Waals surface area (Å²) in [7, 11) is 0. The van der Waals surface area contributed by atoms with Crippen molar-refractivity contribution in [3.05, 3.63) is 41.2 Å². The Morgan fingerprint density at radius 2 is 1.87 bits per heavy atom. The largest absolute Gasteiger partial charge is 0.393 e. The van der Waals surface area contributed by atoms with Gasteiger partial charge in [-0.25, -0.2) is 14.5 Å². The van der Waals surface area contributed by atoms with Crippen LogP contribution in [0.5, 0.6) is 0 Å². The predicted molar refractivity (Wildman–Crippen MR) is 155 cm³/mol. The number of ether oxygens (including phenoxy) is 1.